The highest BCUT2D eigenvalue weighted by Crippen LogP contribution is 2.19. The smallest absolute Gasteiger partial charge is 0.228 e. The highest BCUT2D eigenvalue weighted by atomic mass is 127. The Morgan fingerprint density at radius 2 is 2.20 bits per heavy atom. The lowest BCUT2D eigenvalue weighted by Gasteiger charge is -2.21. The van der Waals surface area contributed by atoms with Gasteiger partial charge < -0.3 is 14.7 Å². The third kappa shape index (κ3) is 6.81. The molecule has 8 heteroatoms. The molecule has 0 aliphatic rings. The summed E-state index contributed by atoms with van der Waals surface area (Å²) < 4.78 is 5.30. The zero-order valence-electron chi connectivity index (χ0n) is 14.8. The second-order valence-electron chi connectivity index (χ2n) is 5.52. The van der Waals surface area contributed by atoms with Gasteiger partial charge in [-0.1, -0.05) is 42.2 Å². The summed E-state index contributed by atoms with van der Waals surface area (Å²) in [5.41, 5.74) is 0.848. The van der Waals surface area contributed by atoms with Crippen LogP contribution in [0.4, 0.5) is 0 Å². The Morgan fingerprint density at radius 1 is 1.40 bits per heavy atom. The Balaban J connectivity index is 0.00000312. The normalized spacial score (nSPS) is 11.1. The van der Waals surface area contributed by atoms with Crippen LogP contribution in [-0.4, -0.2) is 48.2 Å². The minimum absolute atomic E-state index is 0. The fraction of sp³-hybridized carbons (Fsp3) is 0.471. The number of hydrogen-bond donors (Lipinski definition) is 1. The van der Waals surface area contributed by atoms with Gasteiger partial charge in [0.1, 0.15) is 0 Å². The van der Waals surface area contributed by atoms with Crippen LogP contribution in [0, 0.1) is 0 Å². The minimum Gasteiger partial charge on any atom is -0.356 e. The first kappa shape index (κ1) is 21.7. The fourth-order valence-electron chi connectivity index (χ4n) is 2.27. The van der Waals surface area contributed by atoms with Crippen molar-refractivity contribution in [3.05, 3.63) is 35.2 Å². The van der Waals surface area contributed by atoms with Gasteiger partial charge in [-0.15, -0.1) is 24.0 Å². The molecule has 6 nitrogen and oxygen atoms in total. The van der Waals surface area contributed by atoms with E-state index in [2.05, 4.69) is 32.3 Å². The first-order chi connectivity index (χ1) is 11.6. The number of unbranched alkanes of at least 4 members (excludes halogenated alkanes) is 1. The molecule has 138 valence electrons. The fourth-order valence-corrected chi connectivity index (χ4v) is 2.46. The number of halogens is 2. The number of hydrogen-bond acceptors (Lipinski definition) is 4. The second-order valence-corrected chi connectivity index (χ2v) is 5.96. The molecule has 0 saturated heterocycles. The molecule has 0 bridgehead atoms. The molecule has 0 unspecified atom stereocenters. The van der Waals surface area contributed by atoms with Crippen LogP contribution < -0.4 is 5.32 Å². The summed E-state index contributed by atoms with van der Waals surface area (Å²) in [5, 5.41) is 7.97. The molecule has 0 fully saturated rings. The number of nitrogens with one attached hydrogen (secondary N) is 1. The van der Waals surface area contributed by atoms with Crippen molar-refractivity contribution in [1.82, 2.24) is 20.4 Å². The van der Waals surface area contributed by atoms with Gasteiger partial charge in [0, 0.05) is 44.2 Å². The zero-order valence-corrected chi connectivity index (χ0v) is 17.9. The topological polar surface area (TPSA) is 66.5 Å². The van der Waals surface area contributed by atoms with Crippen LogP contribution in [0.25, 0.3) is 11.4 Å². The van der Waals surface area contributed by atoms with E-state index < -0.39 is 0 Å². The van der Waals surface area contributed by atoms with Crippen LogP contribution in [0.5, 0.6) is 0 Å². The van der Waals surface area contributed by atoms with Gasteiger partial charge in [0.2, 0.25) is 11.7 Å². The molecule has 0 aliphatic carbocycles. The summed E-state index contributed by atoms with van der Waals surface area (Å²) in [4.78, 5) is 10.8. The van der Waals surface area contributed by atoms with Gasteiger partial charge in [-0.2, -0.15) is 4.98 Å². The molecule has 0 spiro atoms. The SMILES string of the molecule is CCCCN(C)C(=NC)NCCc1nc(-c2cccc(Cl)c2)no1.I. The molecule has 0 amide bonds. The Kier molecular flexibility index (Phi) is 9.81. The minimum atomic E-state index is 0. The van der Waals surface area contributed by atoms with E-state index in [1.807, 2.05) is 31.3 Å². The maximum absolute atomic E-state index is 5.99. The lowest BCUT2D eigenvalue weighted by Crippen LogP contribution is -2.40. The van der Waals surface area contributed by atoms with Crippen molar-refractivity contribution in [2.24, 2.45) is 4.99 Å². The van der Waals surface area contributed by atoms with Crippen LogP contribution in [-0.2, 0) is 6.42 Å². The number of guanidine groups is 1. The lowest BCUT2D eigenvalue weighted by molar-refractivity contribution is 0.377. The molecule has 1 N–H and O–H groups in total. The first-order valence-corrected chi connectivity index (χ1v) is 8.52. The van der Waals surface area contributed by atoms with Crippen LogP contribution in [0.3, 0.4) is 0 Å². The average Bonchev–Trinajstić information content (AvgIpc) is 3.05. The number of aromatic nitrogens is 2. The summed E-state index contributed by atoms with van der Waals surface area (Å²) in [6, 6.07) is 7.41. The molecule has 0 aliphatic heterocycles. The molecule has 2 rings (SSSR count). The largest absolute Gasteiger partial charge is 0.356 e. The van der Waals surface area contributed by atoms with Crippen molar-refractivity contribution < 1.29 is 4.52 Å². The van der Waals surface area contributed by atoms with Crippen molar-refractivity contribution in [3.8, 4) is 11.4 Å². The molecule has 1 aromatic carbocycles. The molecule has 2 aromatic rings. The summed E-state index contributed by atoms with van der Waals surface area (Å²) in [7, 11) is 3.82. The molecule has 1 aromatic heterocycles. The number of benzene rings is 1. The van der Waals surface area contributed by atoms with Gasteiger partial charge in [-0.25, -0.2) is 0 Å². The summed E-state index contributed by atoms with van der Waals surface area (Å²) in [6.07, 6.45) is 2.94. The van der Waals surface area contributed by atoms with Gasteiger partial charge in [0.05, 0.1) is 0 Å². The van der Waals surface area contributed by atoms with Crippen LogP contribution in [0.1, 0.15) is 25.7 Å². The molecular weight excluding hydrogens is 453 g/mol. The molecule has 0 saturated carbocycles. The van der Waals surface area contributed by atoms with Crippen LogP contribution in [0.15, 0.2) is 33.8 Å². The summed E-state index contributed by atoms with van der Waals surface area (Å²) >= 11 is 5.99. The van der Waals surface area contributed by atoms with E-state index in [1.165, 1.54) is 0 Å². The monoisotopic (exact) mass is 477 g/mol. The number of aliphatic imine (C=N–C) groups is 1. The summed E-state index contributed by atoms with van der Waals surface area (Å²) in [6.45, 7) is 3.84. The second kappa shape index (κ2) is 11.3. The third-order valence-corrected chi connectivity index (χ3v) is 3.83. The average molecular weight is 478 g/mol. The maximum atomic E-state index is 5.99. The molecule has 1 heterocycles. The van der Waals surface area contributed by atoms with Gasteiger partial charge in [-0.3, -0.25) is 4.99 Å². The first-order valence-electron chi connectivity index (χ1n) is 8.14. The third-order valence-electron chi connectivity index (χ3n) is 3.59. The molecular formula is C17H25ClIN5O. The Morgan fingerprint density at radius 3 is 2.88 bits per heavy atom. The van der Waals surface area contributed by atoms with E-state index in [-0.39, 0.29) is 24.0 Å². The Hall–Kier alpha value is -1.35. The van der Waals surface area contributed by atoms with Gasteiger partial charge >= 0.3 is 0 Å². The van der Waals surface area contributed by atoms with E-state index in [0.717, 1.165) is 30.9 Å². The standard InChI is InChI=1S/C17H24ClN5O.HI/c1-4-5-11-23(3)17(19-2)20-10-9-15-21-16(22-24-15)13-7-6-8-14(18)12-13;/h6-8,12H,4-5,9-11H2,1-3H3,(H,19,20);1H. The highest BCUT2D eigenvalue weighted by molar-refractivity contribution is 14.0. The molecule has 25 heavy (non-hydrogen) atoms. The number of nitrogens with zero attached hydrogens (tertiary/aromatic N) is 4. The zero-order chi connectivity index (χ0) is 17.4. The van der Waals surface area contributed by atoms with Crippen molar-refractivity contribution in [1.29, 1.82) is 0 Å². The van der Waals surface area contributed by atoms with E-state index in [1.54, 1.807) is 7.05 Å². The van der Waals surface area contributed by atoms with Crippen molar-refractivity contribution in [3.63, 3.8) is 0 Å². The van der Waals surface area contributed by atoms with Crippen LogP contribution in [0.2, 0.25) is 5.02 Å². The Labute approximate surface area is 171 Å². The van der Waals surface area contributed by atoms with Gasteiger partial charge in [-0.05, 0) is 18.6 Å². The molecule has 0 atom stereocenters. The Bertz CT molecular complexity index is 677. The summed E-state index contributed by atoms with van der Waals surface area (Å²) in [5.74, 6) is 2.01. The van der Waals surface area contributed by atoms with Gasteiger partial charge in [0.25, 0.3) is 0 Å². The maximum Gasteiger partial charge on any atom is 0.228 e. The quantitative estimate of drug-likeness (QED) is 0.373. The predicted octanol–water partition coefficient (Wildman–Crippen LogP) is 3.86. The highest BCUT2D eigenvalue weighted by Gasteiger charge is 2.10. The van der Waals surface area contributed by atoms with Gasteiger partial charge in [0.15, 0.2) is 5.96 Å². The van der Waals surface area contributed by atoms with E-state index in [9.17, 15) is 0 Å². The van der Waals surface area contributed by atoms with Crippen molar-refractivity contribution in [2.45, 2.75) is 26.2 Å². The number of rotatable bonds is 7. The predicted molar refractivity (Wildman–Crippen MR) is 113 cm³/mol. The lowest BCUT2D eigenvalue weighted by atomic mass is 10.2. The van der Waals surface area contributed by atoms with Crippen molar-refractivity contribution >= 4 is 41.5 Å². The van der Waals surface area contributed by atoms with E-state index in [4.69, 9.17) is 16.1 Å². The van der Waals surface area contributed by atoms with Crippen molar-refractivity contribution in [2.75, 3.05) is 27.2 Å². The van der Waals surface area contributed by atoms with E-state index >= 15 is 0 Å². The van der Waals surface area contributed by atoms with E-state index in [0.29, 0.717) is 29.7 Å². The molecule has 0 radical (unpaired) electrons. The van der Waals surface area contributed by atoms with Crippen LogP contribution >= 0.6 is 35.6 Å².